The van der Waals surface area contributed by atoms with Crippen LogP contribution in [-0.2, 0) is 6.42 Å². The molecule has 0 radical (unpaired) electrons. The first-order valence-corrected chi connectivity index (χ1v) is 8.24. The minimum absolute atomic E-state index is 0.483. The summed E-state index contributed by atoms with van der Waals surface area (Å²) in [5.74, 6) is 0.723. The maximum Gasteiger partial charge on any atom is 0.0469 e. The van der Waals surface area contributed by atoms with Gasteiger partial charge in [0.25, 0.3) is 0 Å². The zero-order valence-corrected chi connectivity index (χ0v) is 14.1. The van der Waals surface area contributed by atoms with E-state index < -0.39 is 0 Å². The fraction of sp³-hybridized carbons (Fsp3) is 0.667. The van der Waals surface area contributed by atoms with Crippen molar-refractivity contribution < 1.29 is 0 Å². The van der Waals surface area contributed by atoms with Crippen molar-refractivity contribution in [3.05, 3.63) is 35.4 Å². The lowest BCUT2D eigenvalue weighted by Gasteiger charge is -2.34. The zero-order chi connectivity index (χ0) is 15.2. The monoisotopic (exact) mass is 289 g/mol. The van der Waals surface area contributed by atoms with Crippen LogP contribution >= 0.6 is 0 Å². The van der Waals surface area contributed by atoms with E-state index in [1.807, 2.05) is 0 Å². The molecular formula is C18H31N3. The van der Waals surface area contributed by atoms with Crippen LogP contribution in [0.25, 0.3) is 0 Å². The number of nitrogens with one attached hydrogen (secondary N) is 1. The van der Waals surface area contributed by atoms with Crippen LogP contribution in [0.1, 0.15) is 31.0 Å². The molecule has 0 aromatic heterocycles. The van der Waals surface area contributed by atoms with Crippen molar-refractivity contribution in [2.75, 3.05) is 46.8 Å². The maximum atomic E-state index is 3.43. The molecule has 1 atom stereocenters. The van der Waals surface area contributed by atoms with Crippen molar-refractivity contribution in [3.63, 3.8) is 0 Å². The lowest BCUT2D eigenvalue weighted by molar-refractivity contribution is 0.168. The molecule has 1 aromatic rings. The van der Waals surface area contributed by atoms with E-state index in [9.17, 15) is 0 Å². The average Bonchev–Trinajstić information content (AvgIpc) is 2.46. The fourth-order valence-corrected chi connectivity index (χ4v) is 3.05. The molecule has 1 unspecified atom stereocenters. The van der Waals surface area contributed by atoms with Gasteiger partial charge < -0.3 is 10.2 Å². The normalized spacial score (nSPS) is 18.4. The molecule has 0 bridgehead atoms. The third-order valence-corrected chi connectivity index (χ3v) is 4.27. The second-order valence-corrected chi connectivity index (χ2v) is 6.87. The van der Waals surface area contributed by atoms with E-state index in [1.165, 1.54) is 17.5 Å². The first-order chi connectivity index (χ1) is 10.1. The first-order valence-electron chi connectivity index (χ1n) is 8.24. The highest BCUT2D eigenvalue weighted by Crippen LogP contribution is 2.21. The number of piperazine rings is 1. The van der Waals surface area contributed by atoms with Gasteiger partial charge in [0.2, 0.25) is 0 Å². The fourth-order valence-electron chi connectivity index (χ4n) is 3.05. The van der Waals surface area contributed by atoms with Gasteiger partial charge in [0.1, 0.15) is 0 Å². The van der Waals surface area contributed by atoms with Crippen LogP contribution in [0.2, 0.25) is 0 Å². The van der Waals surface area contributed by atoms with Gasteiger partial charge >= 0.3 is 0 Å². The smallest absolute Gasteiger partial charge is 0.0469 e. The Morgan fingerprint density at radius 2 is 1.71 bits per heavy atom. The summed E-state index contributed by atoms with van der Waals surface area (Å²) in [7, 11) is 4.38. The first kappa shape index (κ1) is 16.5. The molecular weight excluding hydrogens is 258 g/mol. The molecule has 1 saturated heterocycles. The minimum atomic E-state index is 0.483. The van der Waals surface area contributed by atoms with Gasteiger partial charge in [-0.3, -0.25) is 4.90 Å². The number of hydrogen-bond acceptors (Lipinski definition) is 3. The van der Waals surface area contributed by atoms with Crippen molar-refractivity contribution in [3.8, 4) is 0 Å². The van der Waals surface area contributed by atoms with Crippen LogP contribution in [-0.4, -0.2) is 56.6 Å². The lowest BCUT2D eigenvalue weighted by atomic mass is 9.98. The van der Waals surface area contributed by atoms with Crippen LogP contribution in [0.15, 0.2) is 24.3 Å². The highest BCUT2D eigenvalue weighted by molar-refractivity contribution is 5.25. The van der Waals surface area contributed by atoms with Gasteiger partial charge in [-0.2, -0.15) is 0 Å². The quantitative estimate of drug-likeness (QED) is 0.867. The standard InChI is InChI=1S/C18H31N3/c1-15(2)13-16-5-7-17(8-6-16)18(20(3)4)14-21-11-9-19-10-12-21/h5-8,15,18-19H,9-14H2,1-4H3. The van der Waals surface area contributed by atoms with Crippen molar-refractivity contribution >= 4 is 0 Å². The molecule has 0 aliphatic carbocycles. The number of rotatable bonds is 6. The van der Waals surface area contributed by atoms with E-state index in [1.54, 1.807) is 0 Å². The van der Waals surface area contributed by atoms with E-state index in [0.717, 1.165) is 38.6 Å². The van der Waals surface area contributed by atoms with Crippen molar-refractivity contribution in [2.45, 2.75) is 26.3 Å². The molecule has 1 aliphatic heterocycles. The van der Waals surface area contributed by atoms with Gasteiger partial charge in [0, 0.05) is 38.8 Å². The lowest BCUT2D eigenvalue weighted by Crippen LogP contribution is -2.46. The molecule has 118 valence electrons. The highest BCUT2D eigenvalue weighted by Gasteiger charge is 2.19. The zero-order valence-electron chi connectivity index (χ0n) is 14.1. The summed E-state index contributed by atoms with van der Waals surface area (Å²) in [6, 6.07) is 9.75. The number of hydrogen-bond donors (Lipinski definition) is 1. The van der Waals surface area contributed by atoms with Gasteiger partial charge in [-0.1, -0.05) is 38.1 Å². The van der Waals surface area contributed by atoms with Gasteiger partial charge in [0.15, 0.2) is 0 Å². The number of nitrogens with zero attached hydrogens (tertiary/aromatic N) is 2. The van der Waals surface area contributed by atoms with Crippen molar-refractivity contribution in [2.24, 2.45) is 5.92 Å². The highest BCUT2D eigenvalue weighted by atomic mass is 15.2. The third-order valence-electron chi connectivity index (χ3n) is 4.27. The van der Waals surface area contributed by atoms with Crippen LogP contribution in [0.5, 0.6) is 0 Å². The van der Waals surface area contributed by atoms with E-state index in [-0.39, 0.29) is 0 Å². The van der Waals surface area contributed by atoms with Gasteiger partial charge in [0.05, 0.1) is 0 Å². The van der Waals surface area contributed by atoms with E-state index in [4.69, 9.17) is 0 Å². The molecule has 0 saturated carbocycles. The Hall–Kier alpha value is -0.900. The number of likely N-dealkylation sites (N-methyl/N-ethyl adjacent to an activating group) is 1. The summed E-state index contributed by atoms with van der Waals surface area (Å²) in [5, 5.41) is 3.43. The van der Waals surface area contributed by atoms with E-state index in [0.29, 0.717) is 6.04 Å². The Bertz CT molecular complexity index is 405. The molecule has 3 nitrogen and oxygen atoms in total. The summed E-state index contributed by atoms with van der Waals surface area (Å²) in [4.78, 5) is 4.92. The Morgan fingerprint density at radius 3 is 2.24 bits per heavy atom. The molecule has 1 aliphatic rings. The summed E-state index contributed by atoms with van der Waals surface area (Å²) >= 11 is 0. The largest absolute Gasteiger partial charge is 0.314 e. The molecule has 3 heteroatoms. The van der Waals surface area contributed by atoms with Crippen LogP contribution < -0.4 is 5.32 Å². The Balaban J connectivity index is 2.03. The van der Waals surface area contributed by atoms with Gasteiger partial charge in [-0.15, -0.1) is 0 Å². The molecule has 0 spiro atoms. The molecule has 1 heterocycles. The van der Waals surface area contributed by atoms with E-state index >= 15 is 0 Å². The van der Waals surface area contributed by atoms with Crippen molar-refractivity contribution in [1.29, 1.82) is 0 Å². The Morgan fingerprint density at radius 1 is 1.10 bits per heavy atom. The predicted octanol–water partition coefficient (Wildman–Crippen LogP) is 2.39. The predicted molar refractivity (Wildman–Crippen MR) is 90.7 cm³/mol. The molecule has 1 fully saturated rings. The molecule has 21 heavy (non-hydrogen) atoms. The van der Waals surface area contributed by atoms with E-state index in [2.05, 4.69) is 67.3 Å². The average molecular weight is 289 g/mol. The van der Waals surface area contributed by atoms with Gasteiger partial charge in [-0.05, 0) is 37.6 Å². The molecule has 0 amide bonds. The summed E-state index contributed by atoms with van der Waals surface area (Å²) < 4.78 is 0. The molecule has 1 N–H and O–H groups in total. The molecule has 2 rings (SSSR count). The summed E-state index contributed by atoms with van der Waals surface area (Å²) in [5.41, 5.74) is 2.89. The Labute approximate surface area is 130 Å². The summed E-state index contributed by atoms with van der Waals surface area (Å²) in [6.07, 6.45) is 1.17. The van der Waals surface area contributed by atoms with Crippen molar-refractivity contribution in [1.82, 2.24) is 15.1 Å². The third kappa shape index (κ3) is 5.10. The number of benzene rings is 1. The van der Waals surface area contributed by atoms with Crippen LogP contribution in [0.3, 0.4) is 0 Å². The molecule has 1 aromatic carbocycles. The van der Waals surface area contributed by atoms with Crippen LogP contribution in [0, 0.1) is 5.92 Å². The second kappa shape index (κ2) is 7.92. The Kier molecular flexibility index (Phi) is 6.22. The summed E-state index contributed by atoms with van der Waals surface area (Å²) in [6.45, 7) is 10.2. The second-order valence-electron chi connectivity index (χ2n) is 6.87. The topological polar surface area (TPSA) is 18.5 Å². The SMILES string of the molecule is CC(C)Cc1ccc(C(CN2CCNCC2)N(C)C)cc1. The minimum Gasteiger partial charge on any atom is -0.314 e. The van der Waals surface area contributed by atoms with Gasteiger partial charge in [-0.25, -0.2) is 0 Å². The van der Waals surface area contributed by atoms with Crippen LogP contribution in [0.4, 0.5) is 0 Å². The maximum absolute atomic E-state index is 3.43.